The molecule has 6 heteroatoms. The number of hydrogen-bond donors (Lipinski definition) is 2. The number of anilines is 1. The molecule has 1 aliphatic carbocycles. The van der Waals surface area contributed by atoms with Crippen LogP contribution in [0.15, 0.2) is 24.3 Å². The van der Waals surface area contributed by atoms with Crippen LogP contribution in [0.2, 0.25) is 0 Å². The lowest BCUT2D eigenvalue weighted by Crippen LogP contribution is -2.26. The zero-order valence-corrected chi connectivity index (χ0v) is 14.1. The summed E-state index contributed by atoms with van der Waals surface area (Å²) in [7, 11) is -0.901. The summed E-state index contributed by atoms with van der Waals surface area (Å²) in [5, 5.41) is 11.7. The van der Waals surface area contributed by atoms with Crippen LogP contribution in [0.4, 0.5) is 5.69 Å². The normalized spacial score (nSPS) is 18.1. The molecular weight excluding hydrogens is 314 g/mol. The van der Waals surface area contributed by atoms with E-state index in [1.807, 2.05) is 6.07 Å². The van der Waals surface area contributed by atoms with Gasteiger partial charge >= 0.3 is 5.97 Å². The predicted molar refractivity (Wildman–Crippen MR) is 90.6 cm³/mol. The van der Waals surface area contributed by atoms with E-state index in [2.05, 4.69) is 5.32 Å². The number of amides is 1. The molecule has 0 saturated heterocycles. The van der Waals surface area contributed by atoms with Crippen LogP contribution in [-0.2, 0) is 26.1 Å². The quantitative estimate of drug-likeness (QED) is 0.782. The molecule has 1 amide bonds. The smallest absolute Gasteiger partial charge is 0.315 e. The minimum absolute atomic E-state index is 0.272. The lowest BCUT2D eigenvalue weighted by atomic mass is 10.0. The van der Waals surface area contributed by atoms with Gasteiger partial charge in [0.15, 0.2) is 0 Å². The number of carbonyl (C=O) groups is 2. The van der Waals surface area contributed by atoms with Crippen molar-refractivity contribution in [1.29, 1.82) is 0 Å². The largest absolute Gasteiger partial charge is 0.481 e. The molecule has 1 saturated carbocycles. The van der Waals surface area contributed by atoms with E-state index in [1.54, 1.807) is 18.2 Å². The first kappa shape index (κ1) is 17.7. The molecule has 2 rings (SSSR count). The van der Waals surface area contributed by atoms with Crippen LogP contribution >= 0.6 is 0 Å². The zero-order valence-electron chi connectivity index (χ0n) is 13.3. The molecule has 0 aliphatic heterocycles. The van der Waals surface area contributed by atoms with Gasteiger partial charge in [0.25, 0.3) is 0 Å². The molecule has 0 aromatic heterocycles. The minimum Gasteiger partial charge on any atom is -0.481 e. The highest BCUT2D eigenvalue weighted by Crippen LogP contribution is 2.24. The molecule has 5 nitrogen and oxygen atoms in total. The van der Waals surface area contributed by atoms with Crippen LogP contribution in [0.25, 0.3) is 0 Å². The van der Waals surface area contributed by atoms with Crippen LogP contribution in [0.5, 0.6) is 0 Å². The van der Waals surface area contributed by atoms with Crippen molar-refractivity contribution in [3.63, 3.8) is 0 Å². The van der Waals surface area contributed by atoms with Crippen molar-refractivity contribution in [2.45, 2.75) is 50.0 Å². The Balaban J connectivity index is 1.97. The number of rotatable bonds is 6. The van der Waals surface area contributed by atoms with Gasteiger partial charge in [-0.2, -0.15) is 0 Å². The van der Waals surface area contributed by atoms with Crippen molar-refractivity contribution in [1.82, 2.24) is 0 Å². The van der Waals surface area contributed by atoms with Crippen molar-refractivity contribution >= 4 is 28.4 Å². The van der Waals surface area contributed by atoms with Crippen LogP contribution in [0, 0.1) is 5.92 Å². The van der Waals surface area contributed by atoms with Crippen LogP contribution in [0.1, 0.15) is 44.6 Å². The third-order valence-electron chi connectivity index (χ3n) is 4.19. The molecule has 126 valence electrons. The van der Waals surface area contributed by atoms with Gasteiger partial charge < -0.3 is 10.4 Å². The summed E-state index contributed by atoms with van der Waals surface area (Å²) in [6.07, 6.45) is 5.59. The Morgan fingerprint density at radius 2 is 2.00 bits per heavy atom. The van der Waals surface area contributed by atoms with Gasteiger partial charge in [0.1, 0.15) is 5.92 Å². The number of carboxylic acids is 1. The molecule has 0 heterocycles. The van der Waals surface area contributed by atoms with Gasteiger partial charge in [-0.25, -0.2) is 0 Å². The number of hydrogen-bond acceptors (Lipinski definition) is 3. The van der Waals surface area contributed by atoms with Crippen LogP contribution < -0.4 is 5.32 Å². The van der Waals surface area contributed by atoms with E-state index in [0.29, 0.717) is 11.4 Å². The van der Waals surface area contributed by atoms with Gasteiger partial charge in [-0.1, -0.05) is 31.4 Å². The molecule has 1 aromatic carbocycles. The van der Waals surface area contributed by atoms with E-state index in [0.717, 1.165) is 31.2 Å². The second-order valence-corrected chi connectivity index (χ2v) is 7.75. The summed E-state index contributed by atoms with van der Waals surface area (Å²) in [5.41, 5.74) is 1.44. The maximum absolute atomic E-state index is 12.4. The molecule has 1 aromatic rings. The highest BCUT2D eigenvalue weighted by molar-refractivity contribution is 7.84. The highest BCUT2D eigenvalue weighted by Gasteiger charge is 2.21. The van der Waals surface area contributed by atoms with Gasteiger partial charge in [0.2, 0.25) is 5.91 Å². The maximum Gasteiger partial charge on any atom is 0.315 e. The van der Waals surface area contributed by atoms with E-state index >= 15 is 0 Å². The third kappa shape index (κ3) is 5.16. The fraction of sp³-hybridized carbons (Fsp3) is 0.529. The molecule has 0 bridgehead atoms. The molecule has 0 spiro atoms. The molecule has 1 aliphatic rings. The monoisotopic (exact) mass is 337 g/mol. The Labute approximate surface area is 138 Å². The fourth-order valence-electron chi connectivity index (χ4n) is 2.71. The molecule has 2 atom stereocenters. The first-order chi connectivity index (χ1) is 11.0. The Bertz CT molecular complexity index is 596. The maximum atomic E-state index is 12.4. The summed E-state index contributed by atoms with van der Waals surface area (Å²) in [6.45, 7) is 1.35. The number of carbonyl (C=O) groups excluding carboxylic acids is 1. The molecular formula is C17H23NO4S. The lowest BCUT2D eigenvalue weighted by molar-refractivity contribution is -0.144. The second-order valence-electron chi connectivity index (χ2n) is 6.03. The first-order valence-electron chi connectivity index (χ1n) is 7.97. The standard InChI is InChI=1S/C17H23NO4S/c1-12(17(20)21)16(19)18-14-7-5-6-13(10-14)11-23(22)15-8-3-2-4-9-15/h5-7,10,12,15H,2-4,8-9,11H2,1H3,(H,18,19)(H,20,21). The number of carboxylic acid groups (broad SMARTS) is 1. The Kier molecular flexibility index (Phi) is 6.33. The van der Waals surface area contributed by atoms with Gasteiger partial charge in [-0.15, -0.1) is 0 Å². The van der Waals surface area contributed by atoms with Crippen molar-refractivity contribution in [3.8, 4) is 0 Å². The summed E-state index contributed by atoms with van der Waals surface area (Å²) in [4.78, 5) is 22.6. The van der Waals surface area contributed by atoms with E-state index in [9.17, 15) is 13.8 Å². The van der Waals surface area contributed by atoms with Crippen molar-refractivity contribution in [2.75, 3.05) is 5.32 Å². The van der Waals surface area contributed by atoms with E-state index in [4.69, 9.17) is 5.11 Å². The number of nitrogens with one attached hydrogen (secondary N) is 1. The van der Waals surface area contributed by atoms with Crippen molar-refractivity contribution in [3.05, 3.63) is 29.8 Å². The van der Waals surface area contributed by atoms with Gasteiger partial charge in [0.05, 0.1) is 0 Å². The summed E-state index contributed by atoms with van der Waals surface area (Å²) >= 11 is 0. The number of aliphatic carboxylic acids is 1. The molecule has 0 radical (unpaired) electrons. The van der Waals surface area contributed by atoms with Crippen LogP contribution in [0.3, 0.4) is 0 Å². The first-order valence-corrected chi connectivity index (χ1v) is 9.35. The third-order valence-corrected chi connectivity index (χ3v) is 6.02. The Morgan fingerprint density at radius 1 is 1.30 bits per heavy atom. The van der Waals surface area contributed by atoms with Crippen LogP contribution in [-0.4, -0.2) is 26.4 Å². The average Bonchev–Trinajstić information content (AvgIpc) is 2.55. The fourth-order valence-corrected chi connectivity index (χ4v) is 4.31. The SMILES string of the molecule is CC(C(=O)O)C(=O)Nc1cccc(CS(=O)C2CCCCC2)c1. The molecule has 2 N–H and O–H groups in total. The molecule has 1 fully saturated rings. The summed E-state index contributed by atoms with van der Waals surface area (Å²) in [6, 6.07) is 7.15. The Morgan fingerprint density at radius 3 is 2.65 bits per heavy atom. The Hall–Kier alpha value is -1.69. The topological polar surface area (TPSA) is 83.5 Å². The lowest BCUT2D eigenvalue weighted by Gasteiger charge is -2.21. The van der Waals surface area contributed by atoms with Gasteiger partial charge in [-0.05, 0) is 37.5 Å². The zero-order chi connectivity index (χ0) is 16.8. The average molecular weight is 337 g/mol. The highest BCUT2D eigenvalue weighted by atomic mass is 32.2. The minimum atomic E-state index is -1.16. The second kappa shape index (κ2) is 8.24. The van der Waals surface area contributed by atoms with Crippen molar-refractivity contribution in [2.24, 2.45) is 5.92 Å². The summed E-state index contributed by atoms with van der Waals surface area (Å²) in [5.74, 6) is -2.33. The van der Waals surface area contributed by atoms with Gasteiger partial charge in [0, 0.05) is 27.5 Å². The summed E-state index contributed by atoms with van der Waals surface area (Å²) < 4.78 is 12.4. The van der Waals surface area contributed by atoms with Crippen molar-refractivity contribution < 1.29 is 18.9 Å². The van der Waals surface area contributed by atoms with Gasteiger partial charge in [-0.3, -0.25) is 13.8 Å². The number of benzene rings is 1. The molecule has 2 unspecified atom stereocenters. The van der Waals surface area contributed by atoms with E-state index in [1.165, 1.54) is 13.3 Å². The van der Waals surface area contributed by atoms with E-state index in [-0.39, 0.29) is 5.25 Å². The predicted octanol–water partition coefficient (Wildman–Crippen LogP) is 2.93. The molecule has 23 heavy (non-hydrogen) atoms. The van der Waals surface area contributed by atoms with E-state index < -0.39 is 28.6 Å².